The van der Waals surface area contributed by atoms with Crippen LogP contribution >= 0.6 is 11.6 Å². The molecule has 7 heteroatoms. The zero-order valence-corrected chi connectivity index (χ0v) is 16.9. The normalized spacial score (nSPS) is 19.0. The zero-order chi connectivity index (χ0) is 20.1. The van der Waals surface area contributed by atoms with E-state index in [0.29, 0.717) is 23.7 Å². The summed E-state index contributed by atoms with van der Waals surface area (Å²) in [5.74, 6) is 0.832. The molecule has 1 saturated carbocycles. The fourth-order valence-electron chi connectivity index (χ4n) is 3.60. The largest absolute Gasteiger partial charge is 0.380 e. The fraction of sp³-hybridized carbons (Fsp3) is 0.318. The highest BCUT2D eigenvalue weighted by Gasteiger charge is 2.19. The van der Waals surface area contributed by atoms with Gasteiger partial charge in [-0.05, 0) is 49.4 Å². The van der Waals surface area contributed by atoms with Crippen molar-refractivity contribution < 1.29 is 0 Å². The van der Waals surface area contributed by atoms with Crippen molar-refractivity contribution in [1.29, 1.82) is 0 Å². The maximum Gasteiger partial charge on any atom is 0.126 e. The van der Waals surface area contributed by atoms with Gasteiger partial charge >= 0.3 is 0 Å². The van der Waals surface area contributed by atoms with E-state index in [1.54, 1.807) is 18.6 Å². The predicted octanol–water partition coefficient (Wildman–Crippen LogP) is 4.49. The molecule has 0 atom stereocenters. The number of hydrogen-bond donors (Lipinski definition) is 3. The number of hydrogen-bond acceptors (Lipinski definition) is 6. The Morgan fingerprint density at radius 2 is 1.90 bits per heavy atom. The Bertz CT molecular complexity index is 941. The Balaban J connectivity index is 1.48. The van der Waals surface area contributed by atoms with Crippen LogP contribution in [0.2, 0.25) is 5.02 Å². The summed E-state index contributed by atoms with van der Waals surface area (Å²) >= 11 is 6.45. The van der Waals surface area contributed by atoms with Crippen molar-refractivity contribution in [1.82, 2.24) is 15.0 Å². The first-order chi connectivity index (χ1) is 14.2. The van der Waals surface area contributed by atoms with Crippen molar-refractivity contribution in [3.8, 4) is 11.1 Å². The number of nitrogens with two attached hydrogens (primary N) is 1. The van der Waals surface area contributed by atoms with Crippen LogP contribution in [0.1, 0.15) is 31.2 Å². The van der Waals surface area contributed by atoms with E-state index in [9.17, 15) is 0 Å². The molecule has 3 aromatic heterocycles. The highest BCUT2D eigenvalue weighted by Crippen LogP contribution is 2.31. The van der Waals surface area contributed by atoms with Gasteiger partial charge in [-0.1, -0.05) is 17.7 Å². The Kier molecular flexibility index (Phi) is 6.22. The summed E-state index contributed by atoms with van der Waals surface area (Å²) < 4.78 is 0. The lowest BCUT2D eigenvalue weighted by atomic mass is 9.92. The van der Waals surface area contributed by atoms with Crippen LogP contribution in [-0.4, -0.2) is 27.0 Å². The van der Waals surface area contributed by atoms with Gasteiger partial charge in [0, 0.05) is 60.7 Å². The first-order valence-electron chi connectivity index (χ1n) is 9.93. The van der Waals surface area contributed by atoms with Crippen LogP contribution < -0.4 is 16.4 Å². The van der Waals surface area contributed by atoms with Crippen molar-refractivity contribution >= 4 is 23.1 Å². The molecule has 1 fully saturated rings. The van der Waals surface area contributed by atoms with Gasteiger partial charge in [-0.3, -0.25) is 9.97 Å². The molecule has 6 nitrogen and oxygen atoms in total. The summed E-state index contributed by atoms with van der Waals surface area (Å²) in [6, 6.07) is 8.74. The molecular formula is C22H25ClN6. The number of halogens is 1. The topological polar surface area (TPSA) is 88.8 Å². The van der Waals surface area contributed by atoms with E-state index in [4.69, 9.17) is 17.3 Å². The van der Waals surface area contributed by atoms with Gasteiger partial charge in [0.15, 0.2) is 0 Å². The molecule has 0 radical (unpaired) electrons. The van der Waals surface area contributed by atoms with E-state index in [-0.39, 0.29) is 0 Å². The average molecular weight is 409 g/mol. The predicted molar refractivity (Wildman–Crippen MR) is 118 cm³/mol. The van der Waals surface area contributed by atoms with Crippen molar-refractivity contribution in [3.63, 3.8) is 0 Å². The van der Waals surface area contributed by atoms with Gasteiger partial charge in [0.2, 0.25) is 0 Å². The number of aromatic nitrogens is 3. The monoisotopic (exact) mass is 408 g/mol. The number of nitrogens with zero attached hydrogens (tertiary/aromatic N) is 3. The molecule has 0 spiro atoms. The minimum absolute atomic E-state index is 0.328. The second-order valence-corrected chi connectivity index (χ2v) is 7.89. The van der Waals surface area contributed by atoms with Gasteiger partial charge in [-0.15, -0.1) is 0 Å². The lowest BCUT2D eigenvalue weighted by Crippen LogP contribution is -2.33. The van der Waals surface area contributed by atoms with E-state index in [1.807, 2.05) is 36.7 Å². The molecular weight excluding hydrogens is 384 g/mol. The molecule has 0 aromatic carbocycles. The molecule has 4 rings (SSSR count). The van der Waals surface area contributed by atoms with Gasteiger partial charge in [0.1, 0.15) is 5.82 Å². The Morgan fingerprint density at radius 3 is 2.69 bits per heavy atom. The molecule has 0 saturated heterocycles. The Morgan fingerprint density at radius 1 is 1.03 bits per heavy atom. The van der Waals surface area contributed by atoms with E-state index in [0.717, 1.165) is 53.9 Å². The van der Waals surface area contributed by atoms with Crippen LogP contribution in [0.4, 0.5) is 11.5 Å². The number of anilines is 2. The molecule has 0 aliphatic heterocycles. The van der Waals surface area contributed by atoms with E-state index in [1.165, 1.54) is 0 Å². The molecule has 0 unspecified atom stereocenters. The minimum Gasteiger partial charge on any atom is -0.380 e. The van der Waals surface area contributed by atoms with Crippen LogP contribution in [0, 0.1) is 0 Å². The maximum atomic E-state index is 6.45. The van der Waals surface area contributed by atoms with Crippen LogP contribution in [0.5, 0.6) is 0 Å². The highest BCUT2D eigenvalue weighted by molar-refractivity contribution is 6.33. The lowest BCUT2D eigenvalue weighted by Gasteiger charge is -2.27. The average Bonchev–Trinajstić information content (AvgIpc) is 2.76. The van der Waals surface area contributed by atoms with Gasteiger partial charge in [-0.25, -0.2) is 4.98 Å². The van der Waals surface area contributed by atoms with Crippen LogP contribution in [0.3, 0.4) is 0 Å². The van der Waals surface area contributed by atoms with Crippen LogP contribution in [0.15, 0.2) is 55.2 Å². The lowest BCUT2D eigenvalue weighted by molar-refractivity contribution is 0.410. The maximum absolute atomic E-state index is 6.45. The molecule has 3 heterocycles. The quantitative estimate of drug-likeness (QED) is 0.557. The van der Waals surface area contributed by atoms with Crippen molar-refractivity contribution in [2.45, 2.75) is 44.3 Å². The zero-order valence-electron chi connectivity index (χ0n) is 16.2. The van der Waals surface area contributed by atoms with Gasteiger partial charge < -0.3 is 16.4 Å². The molecule has 0 bridgehead atoms. The molecule has 3 aromatic rings. The van der Waals surface area contributed by atoms with Gasteiger partial charge in [0.05, 0.1) is 10.7 Å². The van der Waals surface area contributed by atoms with E-state index in [2.05, 4.69) is 25.6 Å². The smallest absolute Gasteiger partial charge is 0.126 e. The summed E-state index contributed by atoms with van der Waals surface area (Å²) in [6.07, 6.45) is 13.2. The third-order valence-electron chi connectivity index (χ3n) is 5.25. The van der Waals surface area contributed by atoms with E-state index < -0.39 is 0 Å². The fourth-order valence-corrected chi connectivity index (χ4v) is 3.81. The first kappa shape index (κ1) is 19.6. The summed E-state index contributed by atoms with van der Waals surface area (Å²) in [5.41, 5.74) is 9.90. The third-order valence-corrected chi connectivity index (χ3v) is 5.55. The minimum atomic E-state index is 0.328. The van der Waals surface area contributed by atoms with Gasteiger partial charge in [0.25, 0.3) is 0 Å². The Labute approximate surface area is 175 Å². The number of nitrogens with one attached hydrogen (secondary N) is 2. The van der Waals surface area contributed by atoms with Crippen LogP contribution in [0.25, 0.3) is 11.1 Å². The van der Waals surface area contributed by atoms with Crippen LogP contribution in [-0.2, 0) is 6.54 Å². The van der Waals surface area contributed by atoms with Crippen molar-refractivity contribution in [3.05, 3.63) is 65.8 Å². The van der Waals surface area contributed by atoms with Crippen molar-refractivity contribution in [2.75, 3.05) is 10.6 Å². The molecule has 29 heavy (non-hydrogen) atoms. The summed E-state index contributed by atoms with van der Waals surface area (Å²) in [7, 11) is 0. The number of pyridine rings is 3. The summed E-state index contributed by atoms with van der Waals surface area (Å²) in [5, 5.41) is 7.52. The number of rotatable bonds is 6. The second kappa shape index (κ2) is 9.20. The molecule has 150 valence electrons. The highest BCUT2D eigenvalue weighted by atomic mass is 35.5. The molecule has 4 N–H and O–H groups in total. The molecule has 1 aliphatic carbocycles. The van der Waals surface area contributed by atoms with E-state index >= 15 is 0 Å². The summed E-state index contributed by atoms with van der Waals surface area (Å²) in [4.78, 5) is 13.0. The SMILES string of the molecule is N[C@H]1CC[C@H](Nc2cc(-c3cncc(NCc4cccnc4)c3)c(Cl)cn2)CC1. The third kappa shape index (κ3) is 5.22. The molecule has 0 amide bonds. The first-order valence-corrected chi connectivity index (χ1v) is 10.3. The standard InChI is InChI=1S/C22H25ClN6/c23-21-14-28-22(29-18-5-3-17(24)4-6-18)9-20(21)16-8-19(13-26-12-16)27-11-15-2-1-7-25-10-15/h1-2,7-10,12-14,17-18,27H,3-6,11,24H2,(H,28,29)/t17-,18-. The summed E-state index contributed by atoms with van der Waals surface area (Å²) in [6.45, 7) is 0.680. The second-order valence-electron chi connectivity index (χ2n) is 7.48. The Hall–Kier alpha value is -2.70. The van der Waals surface area contributed by atoms with Crippen molar-refractivity contribution in [2.24, 2.45) is 5.73 Å². The molecule has 1 aliphatic rings. The van der Waals surface area contributed by atoms with Gasteiger partial charge in [-0.2, -0.15) is 0 Å².